The van der Waals surface area contributed by atoms with E-state index in [-0.39, 0.29) is 11.8 Å². The van der Waals surface area contributed by atoms with Gasteiger partial charge in [-0.3, -0.25) is 9.78 Å². The maximum atomic E-state index is 12.9. The predicted molar refractivity (Wildman–Crippen MR) is 127 cm³/mol. The Labute approximate surface area is 191 Å². The van der Waals surface area contributed by atoms with Gasteiger partial charge in [0.15, 0.2) is 0 Å². The van der Waals surface area contributed by atoms with E-state index < -0.39 is 0 Å². The van der Waals surface area contributed by atoms with Crippen molar-refractivity contribution in [3.63, 3.8) is 0 Å². The van der Waals surface area contributed by atoms with E-state index >= 15 is 0 Å². The molecule has 2 heterocycles. The standard InChI is InChI=1S/C25H23Cl2N3O/c1-2-17-4-3-5-19-21(15-30-25(17)19)20(18-6-7-22(26)23(27)12-18)13-24(31)29-14-16-8-10-28-11-9-16/h3-12,15,20,30H,2,13-14H2,1H3,(H,29,31)/t20-/m1/s1. The Morgan fingerprint density at radius 1 is 1.10 bits per heavy atom. The molecule has 1 amide bonds. The van der Waals surface area contributed by atoms with Gasteiger partial charge in [-0.25, -0.2) is 0 Å². The van der Waals surface area contributed by atoms with Crippen LogP contribution in [0.4, 0.5) is 0 Å². The first kappa shape index (κ1) is 21.4. The fourth-order valence-corrected chi connectivity index (χ4v) is 4.22. The molecule has 0 bridgehead atoms. The number of benzene rings is 2. The molecule has 4 nitrogen and oxygen atoms in total. The summed E-state index contributed by atoms with van der Waals surface area (Å²) in [5.41, 5.74) is 5.40. The summed E-state index contributed by atoms with van der Waals surface area (Å²) < 4.78 is 0. The number of carbonyl (C=O) groups is 1. The van der Waals surface area contributed by atoms with Crippen molar-refractivity contribution in [1.82, 2.24) is 15.3 Å². The van der Waals surface area contributed by atoms with Gasteiger partial charge in [0.25, 0.3) is 0 Å². The van der Waals surface area contributed by atoms with E-state index in [0.29, 0.717) is 23.0 Å². The van der Waals surface area contributed by atoms with Crippen LogP contribution >= 0.6 is 23.2 Å². The Hall–Kier alpha value is -2.82. The Kier molecular flexibility index (Phi) is 6.59. The lowest BCUT2D eigenvalue weighted by molar-refractivity contribution is -0.121. The van der Waals surface area contributed by atoms with Crippen LogP contribution in [-0.4, -0.2) is 15.9 Å². The van der Waals surface area contributed by atoms with Crippen molar-refractivity contribution in [3.05, 3.63) is 99.4 Å². The van der Waals surface area contributed by atoms with Crippen molar-refractivity contribution < 1.29 is 4.79 Å². The van der Waals surface area contributed by atoms with Crippen LogP contribution in [0.3, 0.4) is 0 Å². The van der Waals surface area contributed by atoms with Gasteiger partial charge in [0, 0.05) is 48.4 Å². The maximum Gasteiger partial charge on any atom is 0.221 e. The second-order valence-electron chi connectivity index (χ2n) is 7.50. The molecule has 0 saturated heterocycles. The highest BCUT2D eigenvalue weighted by Crippen LogP contribution is 2.36. The molecule has 2 aromatic carbocycles. The first-order valence-corrected chi connectivity index (χ1v) is 11.0. The maximum absolute atomic E-state index is 12.9. The first-order chi connectivity index (χ1) is 15.1. The van der Waals surface area contributed by atoms with Gasteiger partial charge < -0.3 is 10.3 Å². The molecule has 2 N–H and O–H groups in total. The SMILES string of the molecule is CCc1cccc2c([C@H](CC(=O)NCc3ccncc3)c3ccc(Cl)c(Cl)c3)c[nH]c12. The number of rotatable bonds is 7. The number of aromatic amines is 1. The molecule has 0 fully saturated rings. The monoisotopic (exact) mass is 451 g/mol. The van der Waals surface area contributed by atoms with Crippen molar-refractivity contribution in [2.75, 3.05) is 0 Å². The number of amides is 1. The molecule has 1 atom stereocenters. The number of H-pyrrole nitrogens is 1. The lowest BCUT2D eigenvalue weighted by atomic mass is 9.87. The number of para-hydroxylation sites is 1. The quantitative estimate of drug-likeness (QED) is 0.347. The number of pyridine rings is 1. The van der Waals surface area contributed by atoms with Gasteiger partial charge in [0.2, 0.25) is 5.91 Å². The molecule has 158 valence electrons. The molecule has 4 rings (SSSR count). The highest BCUT2D eigenvalue weighted by molar-refractivity contribution is 6.42. The zero-order valence-electron chi connectivity index (χ0n) is 17.2. The lowest BCUT2D eigenvalue weighted by Crippen LogP contribution is -2.25. The molecule has 6 heteroatoms. The Morgan fingerprint density at radius 2 is 1.90 bits per heavy atom. The van der Waals surface area contributed by atoms with Gasteiger partial charge in [0.1, 0.15) is 0 Å². The minimum absolute atomic E-state index is 0.0334. The fourth-order valence-electron chi connectivity index (χ4n) is 3.92. The number of aromatic nitrogens is 2. The van der Waals surface area contributed by atoms with Gasteiger partial charge in [-0.2, -0.15) is 0 Å². The van der Waals surface area contributed by atoms with E-state index in [0.717, 1.165) is 34.0 Å². The highest BCUT2D eigenvalue weighted by atomic mass is 35.5. The highest BCUT2D eigenvalue weighted by Gasteiger charge is 2.22. The molecule has 31 heavy (non-hydrogen) atoms. The third kappa shape index (κ3) is 4.76. The average molecular weight is 452 g/mol. The van der Waals surface area contributed by atoms with Crippen LogP contribution in [0, 0.1) is 0 Å². The third-order valence-electron chi connectivity index (χ3n) is 5.56. The minimum atomic E-state index is -0.159. The molecular formula is C25H23Cl2N3O. The smallest absolute Gasteiger partial charge is 0.221 e. The zero-order chi connectivity index (χ0) is 21.8. The molecule has 0 spiro atoms. The van der Waals surface area contributed by atoms with Crippen LogP contribution in [0.25, 0.3) is 10.9 Å². The van der Waals surface area contributed by atoms with Crippen molar-refractivity contribution >= 4 is 40.0 Å². The topological polar surface area (TPSA) is 57.8 Å². The molecule has 0 aliphatic carbocycles. The van der Waals surface area contributed by atoms with Gasteiger partial charge in [-0.1, -0.05) is 54.4 Å². The summed E-state index contributed by atoms with van der Waals surface area (Å²) in [6, 6.07) is 15.6. The van der Waals surface area contributed by atoms with Crippen LogP contribution in [0.2, 0.25) is 10.0 Å². The van der Waals surface area contributed by atoms with Crippen LogP contribution in [0.15, 0.2) is 67.1 Å². The van der Waals surface area contributed by atoms with E-state index in [1.165, 1.54) is 5.56 Å². The lowest BCUT2D eigenvalue weighted by Gasteiger charge is -2.18. The van der Waals surface area contributed by atoms with Crippen molar-refractivity contribution in [2.24, 2.45) is 0 Å². The molecule has 0 aliphatic heterocycles. The molecule has 0 saturated carbocycles. The number of aryl methyl sites for hydroxylation is 1. The molecule has 0 unspecified atom stereocenters. The molecular weight excluding hydrogens is 429 g/mol. The van der Waals surface area contributed by atoms with Crippen LogP contribution in [-0.2, 0) is 17.8 Å². The number of nitrogens with zero attached hydrogens (tertiary/aromatic N) is 1. The van der Waals surface area contributed by atoms with Gasteiger partial charge in [-0.05, 0) is 52.9 Å². The summed E-state index contributed by atoms with van der Waals surface area (Å²) in [6.07, 6.45) is 6.68. The van der Waals surface area contributed by atoms with Crippen molar-refractivity contribution in [1.29, 1.82) is 0 Å². The minimum Gasteiger partial charge on any atom is -0.361 e. The summed E-state index contributed by atoms with van der Waals surface area (Å²) in [5, 5.41) is 5.12. The van der Waals surface area contributed by atoms with Crippen LogP contribution < -0.4 is 5.32 Å². The second kappa shape index (κ2) is 9.54. The van der Waals surface area contributed by atoms with Crippen LogP contribution in [0.1, 0.15) is 41.5 Å². The summed E-state index contributed by atoms with van der Waals surface area (Å²) in [4.78, 5) is 20.3. The molecule has 2 aromatic heterocycles. The Bertz CT molecular complexity index is 1200. The molecule has 4 aromatic rings. The molecule has 0 radical (unpaired) electrons. The van der Waals surface area contributed by atoms with Crippen molar-refractivity contribution in [3.8, 4) is 0 Å². The number of hydrogen-bond donors (Lipinski definition) is 2. The number of hydrogen-bond acceptors (Lipinski definition) is 2. The van der Waals surface area contributed by atoms with Crippen molar-refractivity contribution in [2.45, 2.75) is 32.2 Å². The predicted octanol–water partition coefficient (Wildman–Crippen LogP) is 6.27. The summed E-state index contributed by atoms with van der Waals surface area (Å²) in [5.74, 6) is -0.193. The van der Waals surface area contributed by atoms with Gasteiger partial charge in [-0.15, -0.1) is 0 Å². The van der Waals surface area contributed by atoms with Gasteiger partial charge in [0.05, 0.1) is 10.0 Å². The van der Waals surface area contributed by atoms with E-state index in [9.17, 15) is 4.79 Å². The summed E-state index contributed by atoms with van der Waals surface area (Å²) in [7, 11) is 0. The zero-order valence-corrected chi connectivity index (χ0v) is 18.7. The number of halogens is 2. The second-order valence-corrected chi connectivity index (χ2v) is 8.31. The summed E-state index contributed by atoms with van der Waals surface area (Å²) in [6.45, 7) is 2.60. The fraction of sp³-hybridized carbons (Fsp3) is 0.200. The number of fused-ring (bicyclic) bond motifs is 1. The van der Waals surface area contributed by atoms with E-state index in [1.807, 2.05) is 30.5 Å². The first-order valence-electron chi connectivity index (χ1n) is 10.3. The van der Waals surface area contributed by atoms with Crippen LogP contribution in [0.5, 0.6) is 0 Å². The third-order valence-corrected chi connectivity index (χ3v) is 6.30. The normalized spacial score (nSPS) is 12.1. The van der Waals surface area contributed by atoms with E-state index in [2.05, 4.69) is 40.4 Å². The van der Waals surface area contributed by atoms with E-state index in [4.69, 9.17) is 23.2 Å². The average Bonchev–Trinajstić information content (AvgIpc) is 3.23. The number of carbonyl (C=O) groups excluding carboxylic acids is 1. The van der Waals surface area contributed by atoms with Gasteiger partial charge >= 0.3 is 0 Å². The molecule has 0 aliphatic rings. The Balaban J connectivity index is 1.67. The Morgan fingerprint density at radius 3 is 2.65 bits per heavy atom. The largest absolute Gasteiger partial charge is 0.361 e. The van der Waals surface area contributed by atoms with E-state index in [1.54, 1.807) is 18.5 Å². The summed E-state index contributed by atoms with van der Waals surface area (Å²) >= 11 is 12.5. The number of nitrogens with one attached hydrogen (secondary N) is 2.